The van der Waals surface area contributed by atoms with Gasteiger partial charge in [-0.1, -0.05) is 20.8 Å². The molecule has 0 fully saturated rings. The molecule has 1 unspecified atom stereocenters. The van der Waals surface area contributed by atoms with Gasteiger partial charge in [-0.2, -0.15) is 0 Å². The lowest BCUT2D eigenvalue weighted by Crippen LogP contribution is -2.26. The molecule has 0 saturated heterocycles. The molecule has 1 aromatic rings. The Balaban J connectivity index is 2.91. The minimum Gasteiger partial charge on any atom is -0.336 e. The topological polar surface area (TPSA) is 54.7 Å². The highest BCUT2D eigenvalue weighted by atomic mass is 79.9. The first kappa shape index (κ1) is 10.7. The average molecular weight is 246 g/mol. The largest absolute Gasteiger partial charge is 0.336 e. The van der Waals surface area contributed by atoms with Gasteiger partial charge in [0, 0.05) is 12.5 Å². The van der Waals surface area contributed by atoms with Crippen molar-refractivity contribution >= 4 is 15.9 Å². The van der Waals surface area contributed by atoms with E-state index < -0.39 is 0 Å². The van der Waals surface area contributed by atoms with Gasteiger partial charge in [-0.05, 0) is 21.3 Å². The van der Waals surface area contributed by atoms with Crippen molar-refractivity contribution in [2.24, 2.45) is 11.1 Å². The molecule has 0 spiro atoms. The third-order valence-corrected chi connectivity index (χ3v) is 2.58. The number of nitrogens with one attached hydrogen (secondary N) is 1. The van der Waals surface area contributed by atoms with Crippen LogP contribution in [0.1, 0.15) is 32.5 Å². The molecule has 0 aliphatic heterocycles. The third kappa shape index (κ3) is 2.54. The Morgan fingerprint density at radius 2 is 2.23 bits per heavy atom. The van der Waals surface area contributed by atoms with Gasteiger partial charge in [0.1, 0.15) is 10.4 Å². The van der Waals surface area contributed by atoms with Gasteiger partial charge >= 0.3 is 0 Å². The lowest BCUT2D eigenvalue weighted by Gasteiger charge is -2.27. The summed E-state index contributed by atoms with van der Waals surface area (Å²) in [6.07, 6.45) is 1.77. The fourth-order valence-corrected chi connectivity index (χ4v) is 1.67. The SMILES string of the molecule is CC(C)(C)C(CN)c1ncc(Br)[nH]1. The van der Waals surface area contributed by atoms with Crippen LogP contribution in [0.15, 0.2) is 10.8 Å². The molecule has 4 heteroatoms. The molecule has 1 atom stereocenters. The van der Waals surface area contributed by atoms with Crippen LogP contribution in [0.4, 0.5) is 0 Å². The number of rotatable bonds is 2. The van der Waals surface area contributed by atoms with E-state index in [1.54, 1.807) is 6.20 Å². The first-order valence-electron chi connectivity index (χ1n) is 4.35. The van der Waals surface area contributed by atoms with E-state index in [0.717, 1.165) is 10.4 Å². The molecule has 74 valence electrons. The predicted octanol–water partition coefficient (Wildman–Crippen LogP) is 2.26. The van der Waals surface area contributed by atoms with Gasteiger partial charge in [-0.3, -0.25) is 0 Å². The van der Waals surface area contributed by atoms with E-state index >= 15 is 0 Å². The smallest absolute Gasteiger partial charge is 0.111 e. The van der Waals surface area contributed by atoms with Crippen molar-refractivity contribution in [3.05, 3.63) is 16.6 Å². The molecule has 1 aromatic heterocycles. The van der Waals surface area contributed by atoms with E-state index in [2.05, 4.69) is 46.7 Å². The molecule has 13 heavy (non-hydrogen) atoms. The number of aromatic nitrogens is 2. The average Bonchev–Trinajstić information content (AvgIpc) is 2.34. The maximum Gasteiger partial charge on any atom is 0.111 e. The van der Waals surface area contributed by atoms with Crippen LogP contribution in [0.2, 0.25) is 0 Å². The highest BCUT2D eigenvalue weighted by Crippen LogP contribution is 2.32. The predicted molar refractivity (Wildman–Crippen MR) is 57.5 cm³/mol. The van der Waals surface area contributed by atoms with Crippen LogP contribution in [0, 0.1) is 5.41 Å². The summed E-state index contributed by atoms with van der Waals surface area (Å²) in [6.45, 7) is 7.12. The lowest BCUT2D eigenvalue weighted by molar-refractivity contribution is 0.315. The van der Waals surface area contributed by atoms with Gasteiger partial charge in [0.25, 0.3) is 0 Å². The second kappa shape index (κ2) is 3.80. The number of hydrogen-bond acceptors (Lipinski definition) is 2. The summed E-state index contributed by atoms with van der Waals surface area (Å²) < 4.78 is 0.908. The van der Waals surface area contributed by atoms with Crippen LogP contribution in [0.5, 0.6) is 0 Å². The summed E-state index contributed by atoms with van der Waals surface area (Å²) in [5.41, 5.74) is 5.87. The van der Waals surface area contributed by atoms with Gasteiger partial charge in [0.15, 0.2) is 0 Å². The van der Waals surface area contributed by atoms with Crippen molar-refractivity contribution < 1.29 is 0 Å². The molecule has 0 radical (unpaired) electrons. The van der Waals surface area contributed by atoms with Crippen molar-refractivity contribution in [3.8, 4) is 0 Å². The number of hydrogen-bond donors (Lipinski definition) is 2. The summed E-state index contributed by atoms with van der Waals surface area (Å²) in [5.74, 6) is 1.24. The van der Waals surface area contributed by atoms with Gasteiger partial charge in [-0.15, -0.1) is 0 Å². The molecule has 0 aliphatic carbocycles. The highest BCUT2D eigenvalue weighted by molar-refractivity contribution is 9.10. The Hall–Kier alpha value is -0.350. The van der Waals surface area contributed by atoms with E-state index in [9.17, 15) is 0 Å². The quantitative estimate of drug-likeness (QED) is 0.840. The maximum atomic E-state index is 5.72. The van der Waals surface area contributed by atoms with Gasteiger partial charge < -0.3 is 10.7 Å². The van der Waals surface area contributed by atoms with Crippen LogP contribution in [0.25, 0.3) is 0 Å². The standard InChI is InChI=1S/C9H16BrN3/c1-9(2,3)6(4-11)8-12-5-7(10)13-8/h5-6H,4,11H2,1-3H3,(H,12,13). The zero-order valence-corrected chi connectivity index (χ0v) is 9.85. The number of nitrogens with two attached hydrogens (primary N) is 1. The van der Waals surface area contributed by atoms with Gasteiger partial charge in [0.05, 0.1) is 6.20 Å². The molecular formula is C9H16BrN3. The summed E-state index contributed by atoms with van der Waals surface area (Å²) in [4.78, 5) is 7.43. The molecule has 0 aliphatic rings. The number of H-pyrrole nitrogens is 1. The summed E-state index contributed by atoms with van der Waals surface area (Å²) in [6, 6.07) is 0. The normalized spacial score (nSPS) is 14.5. The molecule has 0 saturated carbocycles. The first-order valence-corrected chi connectivity index (χ1v) is 5.15. The Morgan fingerprint density at radius 3 is 2.54 bits per heavy atom. The number of aromatic amines is 1. The van der Waals surface area contributed by atoms with Crippen LogP contribution in [-0.4, -0.2) is 16.5 Å². The minimum atomic E-state index is 0.145. The van der Waals surface area contributed by atoms with Crippen molar-refractivity contribution in [3.63, 3.8) is 0 Å². The molecule has 3 nitrogen and oxygen atoms in total. The molecule has 0 amide bonds. The summed E-state index contributed by atoms with van der Waals surface area (Å²) >= 11 is 3.34. The number of imidazole rings is 1. The molecular weight excluding hydrogens is 230 g/mol. The molecule has 1 heterocycles. The van der Waals surface area contributed by atoms with Crippen molar-refractivity contribution in [2.75, 3.05) is 6.54 Å². The van der Waals surface area contributed by atoms with Crippen LogP contribution < -0.4 is 5.73 Å². The Bertz CT molecular complexity index is 275. The highest BCUT2D eigenvalue weighted by Gasteiger charge is 2.27. The maximum absolute atomic E-state index is 5.72. The van der Waals surface area contributed by atoms with Crippen molar-refractivity contribution in [2.45, 2.75) is 26.7 Å². The minimum absolute atomic E-state index is 0.145. The number of halogens is 1. The fraction of sp³-hybridized carbons (Fsp3) is 0.667. The zero-order chi connectivity index (χ0) is 10.1. The van der Waals surface area contributed by atoms with Gasteiger partial charge in [-0.25, -0.2) is 4.98 Å². The van der Waals surface area contributed by atoms with E-state index in [1.165, 1.54) is 0 Å². The summed E-state index contributed by atoms with van der Waals surface area (Å²) in [5, 5.41) is 0. The van der Waals surface area contributed by atoms with Gasteiger partial charge in [0.2, 0.25) is 0 Å². The van der Waals surface area contributed by atoms with Crippen molar-refractivity contribution in [1.29, 1.82) is 0 Å². The second-order valence-electron chi connectivity index (χ2n) is 4.27. The molecule has 0 bridgehead atoms. The lowest BCUT2D eigenvalue weighted by atomic mass is 9.80. The van der Waals surface area contributed by atoms with Crippen LogP contribution in [0.3, 0.4) is 0 Å². The number of nitrogens with zero attached hydrogens (tertiary/aromatic N) is 1. The molecule has 3 N–H and O–H groups in total. The Labute approximate surface area is 87.3 Å². The van der Waals surface area contributed by atoms with E-state index in [1.807, 2.05) is 0 Å². The zero-order valence-electron chi connectivity index (χ0n) is 8.26. The Morgan fingerprint density at radius 1 is 1.62 bits per heavy atom. The van der Waals surface area contributed by atoms with Crippen LogP contribution in [-0.2, 0) is 0 Å². The fourth-order valence-electron chi connectivity index (χ4n) is 1.37. The Kier molecular flexibility index (Phi) is 3.14. The molecule has 1 rings (SSSR count). The second-order valence-corrected chi connectivity index (χ2v) is 5.13. The third-order valence-electron chi connectivity index (χ3n) is 2.18. The van der Waals surface area contributed by atoms with Crippen molar-refractivity contribution in [1.82, 2.24) is 9.97 Å². The molecule has 0 aromatic carbocycles. The first-order chi connectivity index (χ1) is 5.95. The summed E-state index contributed by atoms with van der Waals surface area (Å²) in [7, 11) is 0. The van der Waals surface area contributed by atoms with E-state index in [-0.39, 0.29) is 11.3 Å². The van der Waals surface area contributed by atoms with Crippen LogP contribution >= 0.6 is 15.9 Å². The monoisotopic (exact) mass is 245 g/mol. The van der Waals surface area contributed by atoms with E-state index in [4.69, 9.17) is 5.73 Å². The van der Waals surface area contributed by atoms with E-state index in [0.29, 0.717) is 6.54 Å².